The molecular formula is C18H26N2O3S. The summed E-state index contributed by atoms with van der Waals surface area (Å²) in [6.07, 6.45) is 8.07. The van der Waals surface area contributed by atoms with Gasteiger partial charge in [-0.15, -0.1) is 0 Å². The van der Waals surface area contributed by atoms with Crippen molar-refractivity contribution in [3.8, 4) is 5.88 Å². The molecule has 1 saturated carbocycles. The van der Waals surface area contributed by atoms with Crippen LogP contribution in [0.4, 0.5) is 0 Å². The predicted molar refractivity (Wildman–Crippen MR) is 95.4 cm³/mol. The van der Waals surface area contributed by atoms with Crippen molar-refractivity contribution in [1.82, 2.24) is 9.88 Å². The Hall–Kier alpha value is -1.27. The van der Waals surface area contributed by atoms with Gasteiger partial charge in [-0.3, -0.25) is 4.79 Å². The molecule has 5 nitrogen and oxygen atoms in total. The highest BCUT2D eigenvalue weighted by Gasteiger charge is 2.52. The van der Waals surface area contributed by atoms with Gasteiger partial charge in [0.25, 0.3) is 0 Å². The molecule has 24 heavy (non-hydrogen) atoms. The maximum atomic E-state index is 12.6. The maximum Gasteiger partial charge on any atom is 0.223 e. The van der Waals surface area contributed by atoms with Crippen molar-refractivity contribution < 1.29 is 14.3 Å². The topological polar surface area (TPSA) is 51.7 Å². The van der Waals surface area contributed by atoms with Crippen molar-refractivity contribution >= 4 is 17.7 Å². The van der Waals surface area contributed by atoms with E-state index in [1.54, 1.807) is 25.1 Å². The second-order valence-electron chi connectivity index (χ2n) is 6.55. The van der Waals surface area contributed by atoms with Gasteiger partial charge in [-0.2, -0.15) is 11.8 Å². The molecule has 0 spiro atoms. The van der Waals surface area contributed by atoms with E-state index in [0.29, 0.717) is 12.3 Å². The Morgan fingerprint density at radius 1 is 1.46 bits per heavy atom. The summed E-state index contributed by atoms with van der Waals surface area (Å²) < 4.78 is 12.0. The lowest BCUT2D eigenvalue weighted by molar-refractivity contribution is -0.138. The van der Waals surface area contributed by atoms with E-state index < -0.39 is 0 Å². The average molecular weight is 350 g/mol. The molecule has 2 heterocycles. The Morgan fingerprint density at radius 2 is 2.33 bits per heavy atom. The summed E-state index contributed by atoms with van der Waals surface area (Å²) in [5.41, 5.74) is -0.195. The lowest BCUT2D eigenvalue weighted by Crippen LogP contribution is -2.53. The zero-order valence-corrected chi connectivity index (χ0v) is 15.3. The molecule has 1 aliphatic heterocycles. The zero-order valence-electron chi connectivity index (χ0n) is 14.4. The highest BCUT2D eigenvalue weighted by atomic mass is 32.2. The molecule has 1 aromatic rings. The number of thioether (sulfide) groups is 1. The van der Waals surface area contributed by atoms with E-state index in [4.69, 9.17) is 9.47 Å². The van der Waals surface area contributed by atoms with Gasteiger partial charge in [0.05, 0.1) is 11.6 Å². The van der Waals surface area contributed by atoms with Crippen molar-refractivity contribution in [2.75, 3.05) is 25.7 Å². The van der Waals surface area contributed by atoms with Crippen molar-refractivity contribution in [3.05, 3.63) is 24.4 Å². The van der Waals surface area contributed by atoms with Gasteiger partial charge >= 0.3 is 0 Å². The van der Waals surface area contributed by atoms with E-state index in [9.17, 15) is 4.79 Å². The summed E-state index contributed by atoms with van der Waals surface area (Å²) in [5.74, 6) is 1.77. The average Bonchev–Trinajstić information content (AvgIpc) is 3.00. The highest BCUT2D eigenvalue weighted by molar-refractivity contribution is 7.98. The van der Waals surface area contributed by atoms with Gasteiger partial charge in [0.1, 0.15) is 6.10 Å². The summed E-state index contributed by atoms with van der Waals surface area (Å²) in [6.45, 7) is 0.794. The quantitative estimate of drug-likeness (QED) is 0.790. The van der Waals surface area contributed by atoms with Crippen LogP contribution in [0.1, 0.15) is 32.1 Å². The molecule has 3 rings (SSSR count). The molecule has 0 unspecified atom stereocenters. The van der Waals surface area contributed by atoms with Gasteiger partial charge in [0, 0.05) is 44.5 Å². The largest absolute Gasteiger partial charge is 0.474 e. The third kappa shape index (κ3) is 3.54. The van der Waals surface area contributed by atoms with Crippen LogP contribution in [0, 0.1) is 0 Å². The Bertz CT molecular complexity index is 556. The van der Waals surface area contributed by atoms with Crippen LogP contribution in [-0.4, -0.2) is 59.2 Å². The maximum absolute atomic E-state index is 12.6. The summed E-state index contributed by atoms with van der Waals surface area (Å²) in [4.78, 5) is 18.9. The van der Waals surface area contributed by atoms with E-state index in [1.807, 2.05) is 29.4 Å². The first kappa shape index (κ1) is 17.5. The third-order valence-corrected chi connectivity index (χ3v) is 5.92. The minimum atomic E-state index is -0.195. The number of aromatic nitrogens is 1. The second-order valence-corrected chi connectivity index (χ2v) is 7.53. The minimum Gasteiger partial charge on any atom is -0.474 e. The lowest BCUT2D eigenvalue weighted by atomic mass is 9.79. The molecule has 0 bridgehead atoms. The summed E-state index contributed by atoms with van der Waals surface area (Å²) in [6, 6.07) is 5.80. The third-order valence-electron chi connectivity index (χ3n) is 5.31. The molecule has 1 amide bonds. The normalized spacial score (nSPS) is 29.3. The fourth-order valence-corrected chi connectivity index (χ4v) is 4.37. The van der Waals surface area contributed by atoms with Crippen molar-refractivity contribution in [3.63, 3.8) is 0 Å². The summed E-state index contributed by atoms with van der Waals surface area (Å²) >= 11 is 1.71. The van der Waals surface area contributed by atoms with Crippen LogP contribution in [0.15, 0.2) is 24.4 Å². The Balaban J connectivity index is 1.69. The van der Waals surface area contributed by atoms with E-state index in [1.165, 1.54) is 0 Å². The van der Waals surface area contributed by atoms with Crippen LogP contribution in [0.3, 0.4) is 0 Å². The Kier molecular flexibility index (Phi) is 5.66. The first-order valence-corrected chi connectivity index (χ1v) is 9.99. The summed E-state index contributed by atoms with van der Waals surface area (Å²) in [5, 5.41) is 0. The van der Waals surface area contributed by atoms with Crippen molar-refractivity contribution in [2.45, 2.75) is 49.9 Å². The first-order valence-electron chi connectivity index (χ1n) is 8.60. The van der Waals surface area contributed by atoms with Gasteiger partial charge in [0.2, 0.25) is 11.8 Å². The fourth-order valence-electron chi connectivity index (χ4n) is 3.99. The number of likely N-dealkylation sites (tertiary alicyclic amines) is 1. The number of rotatable bonds is 6. The second kappa shape index (κ2) is 7.74. The molecule has 1 aliphatic carbocycles. The van der Waals surface area contributed by atoms with Gasteiger partial charge in [-0.25, -0.2) is 4.98 Å². The number of methoxy groups -OCH3 is 1. The standard InChI is InChI=1S/C18H26N2O3S/c1-22-18-8-6-14(23-16-5-3-4-10-19-16)13-15(18)20(11-9-18)17(21)7-12-24-2/h3-5,10,14-15H,6-9,11-13H2,1-2H3/t14-,15-,18+/m0/s1. The van der Waals surface area contributed by atoms with Crippen LogP contribution >= 0.6 is 11.8 Å². The minimum absolute atomic E-state index is 0.0853. The number of carbonyl (C=O) groups is 1. The van der Waals surface area contributed by atoms with Gasteiger partial charge in [-0.05, 0) is 31.6 Å². The molecule has 3 atom stereocenters. The van der Waals surface area contributed by atoms with E-state index in [-0.39, 0.29) is 23.7 Å². The smallest absolute Gasteiger partial charge is 0.223 e. The molecule has 0 N–H and O–H groups in total. The first-order chi connectivity index (χ1) is 11.7. The Morgan fingerprint density at radius 3 is 3.04 bits per heavy atom. The van der Waals surface area contributed by atoms with Crippen LogP contribution in [0.5, 0.6) is 5.88 Å². The molecule has 132 valence electrons. The van der Waals surface area contributed by atoms with Crippen LogP contribution in [-0.2, 0) is 9.53 Å². The zero-order chi connectivity index (χ0) is 17.0. The molecule has 2 fully saturated rings. The molecule has 0 aromatic carbocycles. The molecule has 1 saturated heterocycles. The predicted octanol–water partition coefficient (Wildman–Crippen LogP) is 2.75. The highest BCUT2D eigenvalue weighted by Crippen LogP contribution is 2.43. The fraction of sp³-hybridized carbons (Fsp3) is 0.667. The van der Waals surface area contributed by atoms with Crippen LogP contribution < -0.4 is 4.74 Å². The Labute approximate surface area is 148 Å². The number of carbonyl (C=O) groups excluding carboxylic acids is 1. The molecule has 6 heteroatoms. The number of hydrogen-bond acceptors (Lipinski definition) is 5. The molecule has 0 radical (unpaired) electrons. The number of amides is 1. The van der Waals surface area contributed by atoms with Crippen LogP contribution in [0.25, 0.3) is 0 Å². The molecular weight excluding hydrogens is 324 g/mol. The van der Waals surface area contributed by atoms with Gasteiger partial charge in [0.15, 0.2) is 0 Å². The summed E-state index contributed by atoms with van der Waals surface area (Å²) in [7, 11) is 1.78. The SMILES string of the molecule is CO[C@@]12CC[C@H](Oc3ccccn3)C[C@@H]1N(C(=O)CCSC)CC2. The number of fused-ring (bicyclic) bond motifs is 1. The van der Waals surface area contributed by atoms with Gasteiger partial charge < -0.3 is 14.4 Å². The number of pyridine rings is 1. The lowest BCUT2D eigenvalue weighted by Gasteiger charge is -2.43. The van der Waals surface area contributed by atoms with E-state index in [2.05, 4.69) is 4.98 Å². The molecule has 1 aromatic heterocycles. The van der Waals surface area contributed by atoms with E-state index >= 15 is 0 Å². The van der Waals surface area contributed by atoms with Crippen LogP contribution in [0.2, 0.25) is 0 Å². The number of nitrogens with zero attached hydrogens (tertiary/aromatic N) is 2. The molecule has 2 aliphatic rings. The number of ether oxygens (including phenoxy) is 2. The number of hydrogen-bond donors (Lipinski definition) is 0. The van der Waals surface area contributed by atoms with Crippen molar-refractivity contribution in [2.24, 2.45) is 0 Å². The van der Waals surface area contributed by atoms with E-state index in [0.717, 1.165) is 38.0 Å². The van der Waals surface area contributed by atoms with Crippen molar-refractivity contribution in [1.29, 1.82) is 0 Å². The van der Waals surface area contributed by atoms with Gasteiger partial charge in [-0.1, -0.05) is 6.07 Å². The monoisotopic (exact) mass is 350 g/mol.